The first-order valence-electron chi connectivity index (χ1n) is 5.87. The summed E-state index contributed by atoms with van der Waals surface area (Å²) in [6, 6.07) is 1.64. The van der Waals surface area contributed by atoms with Crippen LogP contribution in [0.5, 0.6) is 0 Å². The Morgan fingerprint density at radius 3 is 2.68 bits per heavy atom. The number of thiophene rings is 1. The lowest BCUT2D eigenvalue weighted by molar-refractivity contribution is 0.0736. The highest BCUT2D eigenvalue weighted by Gasteiger charge is 2.17. The second-order valence-corrected chi connectivity index (χ2v) is 7.01. The minimum absolute atomic E-state index is 0.237. The monoisotopic (exact) mass is 308 g/mol. The molecule has 8 heteroatoms. The minimum atomic E-state index is -3.46. The summed E-state index contributed by atoms with van der Waals surface area (Å²) in [6.45, 7) is 3.71. The largest absolute Gasteiger partial charge is 0.382 e. The molecule has 0 saturated carbocycles. The third-order valence-electron chi connectivity index (χ3n) is 2.42. The van der Waals surface area contributed by atoms with E-state index in [0.29, 0.717) is 30.6 Å². The molecule has 0 saturated heterocycles. The number of aryl methyl sites for hydroxylation is 1. The summed E-state index contributed by atoms with van der Waals surface area (Å²) in [5.74, 6) is 0. The van der Waals surface area contributed by atoms with E-state index in [0.717, 1.165) is 10.4 Å². The molecule has 0 bridgehead atoms. The third kappa shape index (κ3) is 5.17. The lowest BCUT2D eigenvalue weighted by Gasteiger charge is -2.05. The highest BCUT2D eigenvalue weighted by Crippen LogP contribution is 2.25. The van der Waals surface area contributed by atoms with Crippen LogP contribution in [-0.4, -0.2) is 41.9 Å². The van der Waals surface area contributed by atoms with Crippen LogP contribution < -0.4 is 10.5 Å². The summed E-state index contributed by atoms with van der Waals surface area (Å²) in [7, 11) is -1.88. The zero-order valence-electron chi connectivity index (χ0n) is 11.1. The van der Waals surface area contributed by atoms with Crippen molar-refractivity contribution in [2.24, 2.45) is 5.73 Å². The standard InChI is InChI=1S/C11H20N2O4S2/c1-9-7-11(18-10(9)8-12)19(14,15)13-3-4-17-6-5-16-2/h7,13H,3-6,8,12H2,1-2H3. The number of rotatable bonds is 9. The van der Waals surface area contributed by atoms with E-state index in [4.69, 9.17) is 15.2 Å². The van der Waals surface area contributed by atoms with Gasteiger partial charge in [0.1, 0.15) is 4.21 Å². The molecule has 0 fully saturated rings. The number of nitrogens with two attached hydrogens (primary N) is 1. The normalized spacial score (nSPS) is 11.9. The van der Waals surface area contributed by atoms with Gasteiger partial charge in [0.25, 0.3) is 0 Å². The topological polar surface area (TPSA) is 90.6 Å². The van der Waals surface area contributed by atoms with Gasteiger partial charge in [-0.3, -0.25) is 0 Å². The Hall–Kier alpha value is -0.510. The Balaban J connectivity index is 2.47. The predicted molar refractivity (Wildman–Crippen MR) is 74.8 cm³/mol. The Labute approximate surface area is 118 Å². The van der Waals surface area contributed by atoms with Crippen molar-refractivity contribution in [2.45, 2.75) is 17.7 Å². The highest BCUT2D eigenvalue weighted by atomic mass is 32.2. The van der Waals surface area contributed by atoms with Crippen LogP contribution in [0.4, 0.5) is 0 Å². The lowest BCUT2D eigenvalue weighted by atomic mass is 10.3. The van der Waals surface area contributed by atoms with Crippen molar-refractivity contribution in [3.63, 3.8) is 0 Å². The maximum absolute atomic E-state index is 12.0. The van der Waals surface area contributed by atoms with E-state index in [9.17, 15) is 8.42 Å². The molecular weight excluding hydrogens is 288 g/mol. The smallest absolute Gasteiger partial charge is 0.250 e. The van der Waals surface area contributed by atoms with E-state index >= 15 is 0 Å². The molecule has 1 heterocycles. The van der Waals surface area contributed by atoms with Gasteiger partial charge in [0, 0.05) is 25.1 Å². The maximum atomic E-state index is 12.0. The van der Waals surface area contributed by atoms with Crippen molar-refractivity contribution in [3.8, 4) is 0 Å². The number of hydrogen-bond acceptors (Lipinski definition) is 6. The summed E-state index contributed by atoms with van der Waals surface area (Å²) in [5, 5.41) is 0. The molecule has 0 aliphatic rings. The summed E-state index contributed by atoms with van der Waals surface area (Å²) < 4.78 is 36.7. The van der Waals surface area contributed by atoms with Gasteiger partial charge in [0.15, 0.2) is 0 Å². The number of methoxy groups -OCH3 is 1. The summed E-state index contributed by atoms with van der Waals surface area (Å²) in [5.41, 5.74) is 6.45. The Morgan fingerprint density at radius 1 is 1.37 bits per heavy atom. The summed E-state index contributed by atoms with van der Waals surface area (Å²) >= 11 is 1.20. The predicted octanol–water partition coefficient (Wildman–Crippen LogP) is 0.457. The molecule has 1 rings (SSSR count). The van der Waals surface area contributed by atoms with E-state index in [1.54, 1.807) is 13.2 Å². The molecule has 0 spiro atoms. The molecule has 0 radical (unpaired) electrons. The van der Waals surface area contributed by atoms with Gasteiger partial charge in [0.05, 0.1) is 19.8 Å². The van der Waals surface area contributed by atoms with Gasteiger partial charge < -0.3 is 15.2 Å². The molecule has 0 aliphatic carbocycles. The van der Waals surface area contributed by atoms with E-state index in [2.05, 4.69) is 4.72 Å². The van der Waals surface area contributed by atoms with Gasteiger partial charge in [-0.1, -0.05) is 0 Å². The van der Waals surface area contributed by atoms with Gasteiger partial charge in [-0.25, -0.2) is 13.1 Å². The highest BCUT2D eigenvalue weighted by molar-refractivity contribution is 7.91. The van der Waals surface area contributed by atoms with E-state index < -0.39 is 10.0 Å². The average Bonchev–Trinajstić information content (AvgIpc) is 2.76. The van der Waals surface area contributed by atoms with Crippen molar-refractivity contribution < 1.29 is 17.9 Å². The van der Waals surface area contributed by atoms with E-state index in [-0.39, 0.29) is 6.54 Å². The van der Waals surface area contributed by atoms with Gasteiger partial charge in [-0.05, 0) is 18.6 Å². The van der Waals surface area contributed by atoms with Crippen LogP contribution in [0.3, 0.4) is 0 Å². The van der Waals surface area contributed by atoms with Crippen LogP contribution in [0.15, 0.2) is 10.3 Å². The molecule has 110 valence electrons. The van der Waals surface area contributed by atoms with E-state index in [1.807, 2.05) is 6.92 Å². The molecule has 0 amide bonds. The average molecular weight is 308 g/mol. The molecule has 1 aromatic heterocycles. The molecule has 0 atom stereocenters. The maximum Gasteiger partial charge on any atom is 0.250 e. The van der Waals surface area contributed by atoms with Crippen molar-refractivity contribution in [3.05, 3.63) is 16.5 Å². The fraction of sp³-hybridized carbons (Fsp3) is 0.636. The molecule has 3 N–H and O–H groups in total. The van der Waals surface area contributed by atoms with Crippen LogP contribution in [-0.2, 0) is 26.0 Å². The van der Waals surface area contributed by atoms with Crippen LogP contribution in [0.2, 0.25) is 0 Å². The zero-order chi connectivity index (χ0) is 14.3. The first-order chi connectivity index (χ1) is 9.01. The summed E-state index contributed by atoms with van der Waals surface area (Å²) in [6.07, 6.45) is 0. The van der Waals surface area contributed by atoms with Crippen molar-refractivity contribution >= 4 is 21.4 Å². The second kappa shape index (κ2) is 7.93. The number of ether oxygens (including phenoxy) is 2. The number of nitrogens with one attached hydrogen (secondary N) is 1. The first kappa shape index (κ1) is 16.5. The molecule has 19 heavy (non-hydrogen) atoms. The van der Waals surface area contributed by atoms with Crippen molar-refractivity contribution in [1.82, 2.24) is 4.72 Å². The fourth-order valence-corrected chi connectivity index (χ4v) is 3.91. The third-order valence-corrected chi connectivity index (χ3v) is 5.61. The molecule has 1 aromatic rings. The van der Waals surface area contributed by atoms with Crippen molar-refractivity contribution in [2.75, 3.05) is 33.5 Å². The second-order valence-electron chi connectivity index (χ2n) is 3.88. The number of sulfonamides is 1. The first-order valence-corrected chi connectivity index (χ1v) is 8.17. The molecule has 0 unspecified atom stereocenters. The van der Waals surface area contributed by atoms with Crippen LogP contribution in [0, 0.1) is 6.92 Å². The fourth-order valence-electron chi connectivity index (χ4n) is 1.39. The van der Waals surface area contributed by atoms with Gasteiger partial charge in [-0.2, -0.15) is 0 Å². The van der Waals surface area contributed by atoms with Crippen LogP contribution in [0.25, 0.3) is 0 Å². The van der Waals surface area contributed by atoms with Crippen molar-refractivity contribution in [1.29, 1.82) is 0 Å². The summed E-state index contributed by atoms with van der Waals surface area (Å²) in [4.78, 5) is 0.886. The molecule has 0 aliphatic heterocycles. The van der Waals surface area contributed by atoms with E-state index in [1.165, 1.54) is 11.3 Å². The van der Waals surface area contributed by atoms with Gasteiger partial charge in [-0.15, -0.1) is 11.3 Å². The Morgan fingerprint density at radius 2 is 2.11 bits per heavy atom. The van der Waals surface area contributed by atoms with Crippen LogP contribution >= 0.6 is 11.3 Å². The Bertz CT molecular complexity index is 485. The number of hydrogen-bond donors (Lipinski definition) is 2. The minimum Gasteiger partial charge on any atom is -0.382 e. The van der Waals surface area contributed by atoms with Crippen LogP contribution in [0.1, 0.15) is 10.4 Å². The SMILES string of the molecule is COCCOCCNS(=O)(=O)c1cc(C)c(CN)s1. The Kier molecular flexibility index (Phi) is 6.90. The van der Waals surface area contributed by atoms with Gasteiger partial charge in [0.2, 0.25) is 10.0 Å². The quantitative estimate of drug-likeness (QED) is 0.647. The van der Waals surface area contributed by atoms with Gasteiger partial charge >= 0.3 is 0 Å². The molecular formula is C11H20N2O4S2. The molecule has 6 nitrogen and oxygen atoms in total. The molecule has 0 aromatic carbocycles. The zero-order valence-corrected chi connectivity index (χ0v) is 12.8. The lowest BCUT2D eigenvalue weighted by Crippen LogP contribution is -2.27.